The van der Waals surface area contributed by atoms with Crippen molar-refractivity contribution in [2.45, 2.75) is 90.4 Å². The number of hydrogen-bond donors (Lipinski definition) is 1. The zero-order valence-electron chi connectivity index (χ0n) is 15.0. The summed E-state index contributed by atoms with van der Waals surface area (Å²) in [6.07, 6.45) is 14.3. The Morgan fingerprint density at radius 1 is 0.913 bits per heavy atom. The van der Waals surface area contributed by atoms with Crippen molar-refractivity contribution in [3.63, 3.8) is 0 Å². The van der Waals surface area contributed by atoms with Crippen LogP contribution in [0, 0.1) is 0 Å². The number of carboxylic acids is 1. The van der Waals surface area contributed by atoms with Gasteiger partial charge in [0.15, 0.2) is 0 Å². The zero-order valence-corrected chi connectivity index (χ0v) is 15.0. The van der Waals surface area contributed by atoms with Gasteiger partial charge in [0.2, 0.25) is 0 Å². The molecule has 0 heterocycles. The minimum Gasteiger partial charge on any atom is -0.481 e. The minimum absolute atomic E-state index is 0.408. The Morgan fingerprint density at radius 3 is 2.00 bits per heavy atom. The van der Waals surface area contributed by atoms with Gasteiger partial charge < -0.3 is 5.11 Å². The maximum absolute atomic E-state index is 11.2. The van der Waals surface area contributed by atoms with Gasteiger partial charge in [0.25, 0.3) is 0 Å². The number of carboxylic acid groups (broad SMARTS) is 1. The first-order chi connectivity index (χ1) is 11.2. The minimum atomic E-state index is -0.736. The van der Waals surface area contributed by atoms with Crippen LogP contribution in [0.15, 0.2) is 24.3 Å². The van der Waals surface area contributed by atoms with E-state index < -0.39 is 11.9 Å². The summed E-state index contributed by atoms with van der Waals surface area (Å²) in [6, 6.07) is 8.01. The first-order valence-corrected chi connectivity index (χ1v) is 9.47. The number of rotatable bonds is 13. The highest BCUT2D eigenvalue weighted by Crippen LogP contribution is 2.22. The van der Waals surface area contributed by atoms with Crippen molar-refractivity contribution in [1.82, 2.24) is 0 Å². The monoisotopic (exact) mass is 318 g/mol. The van der Waals surface area contributed by atoms with Gasteiger partial charge in [-0.05, 0) is 30.9 Å². The quantitative estimate of drug-likeness (QED) is 0.431. The first-order valence-electron chi connectivity index (χ1n) is 9.47. The molecule has 0 spiro atoms. The number of aliphatic carboxylic acids is 1. The molecule has 1 unspecified atom stereocenters. The molecule has 0 aliphatic heterocycles. The van der Waals surface area contributed by atoms with E-state index in [4.69, 9.17) is 0 Å². The first kappa shape index (κ1) is 19.7. The van der Waals surface area contributed by atoms with Gasteiger partial charge in [0.1, 0.15) is 0 Å². The van der Waals surface area contributed by atoms with Crippen LogP contribution in [0.25, 0.3) is 0 Å². The average molecular weight is 319 g/mol. The third-order valence-electron chi connectivity index (χ3n) is 4.69. The fourth-order valence-corrected chi connectivity index (χ4v) is 3.12. The summed E-state index contributed by atoms with van der Waals surface area (Å²) < 4.78 is 0. The Kier molecular flexibility index (Phi) is 10.4. The van der Waals surface area contributed by atoms with Crippen LogP contribution in [-0.4, -0.2) is 11.1 Å². The van der Waals surface area contributed by atoms with Gasteiger partial charge in [0.05, 0.1) is 5.92 Å². The lowest BCUT2D eigenvalue weighted by Crippen LogP contribution is -2.10. The molecule has 0 bridgehead atoms. The van der Waals surface area contributed by atoms with Gasteiger partial charge >= 0.3 is 5.97 Å². The zero-order chi connectivity index (χ0) is 16.9. The summed E-state index contributed by atoms with van der Waals surface area (Å²) in [5.41, 5.74) is 2.19. The topological polar surface area (TPSA) is 37.3 Å². The van der Waals surface area contributed by atoms with Crippen LogP contribution in [0.1, 0.15) is 95.1 Å². The second kappa shape index (κ2) is 12.2. The van der Waals surface area contributed by atoms with Crippen LogP contribution in [-0.2, 0) is 11.2 Å². The van der Waals surface area contributed by atoms with Crippen LogP contribution in [0.2, 0.25) is 0 Å². The highest BCUT2D eigenvalue weighted by molar-refractivity contribution is 5.76. The Labute approximate surface area is 142 Å². The van der Waals surface area contributed by atoms with E-state index in [1.807, 2.05) is 18.2 Å². The molecule has 130 valence electrons. The molecule has 2 heteroatoms. The molecular weight excluding hydrogens is 284 g/mol. The molecule has 2 nitrogen and oxygen atoms in total. The van der Waals surface area contributed by atoms with E-state index in [-0.39, 0.29) is 0 Å². The molecule has 1 rings (SSSR count). The Hall–Kier alpha value is -1.31. The lowest BCUT2D eigenvalue weighted by atomic mass is 9.92. The molecular formula is C21H34O2. The maximum Gasteiger partial charge on any atom is 0.310 e. The molecule has 1 atom stereocenters. The lowest BCUT2D eigenvalue weighted by molar-refractivity contribution is -0.138. The number of carbonyl (C=O) groups is 1. The number of hydrogen-bond acceptors (Lipinski definition) is 1. The van der Waals surface area contributed by atoms with E-state index in [9.17, 15) is 9.90 Å². The predicted molar refractivity (Wildman–Crippen MR) is 98.0 cm³/mol. The van der Waals surface area contributed by atoms with E-state index in [0.29, 0.717) is 0 Å². The molecule has 0 aliphatic carbocycles. The molecule has 0 radical (unpaired) electrons. The maximum atomic E-state index is 11.2. The van der Waals surface area contributed by atoms with Gasteiger partial charge in [-0.15, -0.1) is 0 Å². The summed E-state index contributed by atoms with van der Waals surface area (Å²) >= 11 is 0. The summed E-state index contributed by atoms with van der Waals surface area (Å²) in [5, 5.41) is 9.21. The smallest absolute Gasteiger partial charge is 0.310 e. The summed E-state index contributed by atoms with van der Waals surface area (Å²) in [7, 11) is 0. The van der Waals surface area contributed by atoms with Crippen molar-refractivity contribution >= 4 is 5.97 Å². The molecule has 23 heavy (non-hydrogen) atoms. The van der Waals surface area contributed by atoms with Crippen LogP contribution in [0.4, 0.5) is 0 Å². The van der Waals surface area contributed by atoms with Crippen molar-refractivity contribution in [2.75, 3.05) is 0 Å². The van der Waals surface area contributed by atoms with Gasteiger partial charge in [-0.25, -0.2) is 0 Å². The van der Waals surface area contributed by atoms with Crippen molar-refractivity contribution in [2.24, 2.45) is 0 Å². The number of benzene rings is 1. The van der Waals surface area contributed by atoms with Gasteiger partial charge in [-0.2, -0.15) is 0 Å². The highest BCUT2D eigenvalue weighted by Gasteiger charge is 2.16. The number of aryl methyl sites for hydroxylation is 1. The number of unbranched alkanes of at least 4 members (excludes halogenated alkanes) is 9. The van der Waals surface area contributed by atoms with E-state index in [1.54, 1.807) is 6.92 Å². The molecule has 0 fully saturated rings. The highest BCUT2D eigenvalue weighted by atomic mass is 16.4. The van der Waals surface area contributed by atoms with Gasteiger partial charge in [-0.1, -0.05) is 89.0 Å². The second-order valence-corrected chi connectivity index (χ2v) is 6.69. The fraction of sp³-hybridized carbons (Fsp3) is 0.667. The molecule has 1 aromatic rings. The molecule has 0 amide bonds. The molecule has 0 saturated heterocycles. The normalized spacial score (nSPS) is 12.3. The van der Waals surface area contributed by atoms with Crippen LogP contribution in [0.3, 0.4) is 0 Å². The molecule has 0 aliphatic rings. The van der Waals surface area contributed by atoms with Crippen molar-refractivity contribution < 1.29 is 9.90 Å². The predicted octanol–water partition coefficient (Wildman–Crippen LogP) is 6.34. The molecule has 0 saturated carbocycles. The molecule has 0 aromatic heterocycles. The van der Waals surface area contributed by atoms with E-state index in [1.165, 1.54) is 69.8 Å². The van der Waals surface area contributed by atoms with Crippen molar-refractivity contribution in [3.8, 4) is 0 Å². The van der Waals surface area contributed by atoms with Crippen LogP contribution < -0.4 is 0 Å². The molecule has 1 N–H and O–H groups in total. The van der Waals surface area contributed by atoms with Crippen LogP contribution in [0.5, 0.6) is 0 Å². The van der Waals surface area contributed by atoms with E-state index in [0.717, 1.165) is 12.0 Å². The third-order valence-corrected chi connectivity index (χ3v) is 4.69. The Balaban J connectivity index is 2.18. The average Bonchev–Trinajstić information content (AvgIpc) is 2.56. The Morgan fingerprint density at radius 2 is 1.43 bits per heavy atom. The standard InChI is InChI=1S/C21H34O2/c1-3-4-5-6-7-8-9-10-11-12-15-19-16-13-14-17-20(19)18(2)21(22)23/h13-14,16-18H,3-12,15H2,1-2H3,(H,22,23). The second-order valence-electron chi connectivity index (χ2n) is 6.69. The SMILES string of the molecule is CCCCCCCCCCCCc1ccccc1C(C)C(=O)O. The fourth-order valence-electron chi connectivity index (χ4n) is 3.12. The van der Waals surface area contributed by atoms with Crippen molar-refractivity contribution in [1.29, 1.82) is 0 Å². The Bertz CT molecular complexity index is 439. The van der Waals surface area contributed by atoms with E-state index in [2.05, 4.69) is 13.0 Å². The largest absolute Gasteiger partial charge is 0.481 e. The van der Waals surface area contributed by atoms with Crippen LogP contribution >= 0.6 is 0 Å². The molecule has 1 aromatic carbocycles. The summed E-state index contributed by atoms with van der Waals surface area (Å²) in [4.78, 5) is 11.2. The third kappa shape index (κ3) is 8.20. The van der Waals surface area contributed by atoms with Gasteiger partial charge in [0, 0.05) is 0 Å². The summed E-state index contributed by atoms with van der Waals surface area (Å²) in [5.74, 6) is -1.14. The van der Waals surface area contributed by atoms with E-state index >= 15 is 0 Å². The lowest BCUT2D eigenvalue weighted by Gasteiger charge is -2.13. The van der Waals surface area contributed by atoms with Gasteiger partial charge in [-0.3, -0.25) is 4.79 Å². The summed E-state index contributed by atoms with van der Waals surface area (Å²) in [6.45, 7) is 4.04. The van der Waals surface area contributed by atoms with Crippen molar-refractivity contribution in [3.05, 3.63) is 35.4 Å².